The highest BCUT2D eigenvalue weighted by molar-refractivity contribution is 7.17. The Balaban J connectivity index is 2.54. The summed E-state index contributed by atoms with van der Waals surface area (Å²) >= 11 is 1.58. The molecule has 1 amide bonds. The summed E-state index contributed by atoms with van der Waals surface area (Å²) in [5, 5.41) is 4.73. The van der Waals surface area contributed by atoms with Crippen LogP contribution in [0.4, 0.5) is 5.69 Å². The zero-order chi connectivity index (χ0) is 9.26. The van der Waals surface area contributed by atoms with Crippen molar-refractivity contribution < 1.29 is 4.79 Å². The molecule has 1 N–H and O–H groups in total. The largest absolute Gasteiger partial charge is 0.325 e. The number of nitrogens with one attached hydrogen (secondary N) is 1. The molecular weight excluding hydrogens is 184 g/mol. The average Bonchev–Trinajstić information content (AvgIpc) is 2.51. The minimum Gasteiger partial charge on any atom is -0.325 e. The molecule has 0 fully saturated rings. The molecule has 2 aromatic rings. The quantitative estimate of drug-likeness (QED) is 0.753. The first-order valence-corrected chi connectivity index (χ1v) is 4.75. The van der Waals surface area contributed by atoms with Crippen molar-refractivity contribution in [3.8, 4) is 0 Å². The van der Waals surface area contributed by atoms with Gasteiger partial charge in [0, 0.05) is 13.1 Å². The van der Waals surface area contributed by atoms with Gasteiger partial charge in [0.15, 0.2) is 0 Å². The van der Waals surface area contributed by atoms with Crippen LogP contribution in [0.15, 0.2) is 23.7 Å². The minimum atomic E-state index is -0.0547. The fraction of sp³-hybridized carbons (Fsp3) is 0.111. The monoisotopic (exact) mass is 192 g/mol. The van der Waals surface area contributed by atoms with Crippen LogP contribution in [0.1, 0.15) is 6.92 Å². The van der Waals surface area contributed by atoms with Crippen molar-refractivity contribution in [2.45, 2.75) is 6.92 Å². The Kier molecular flexibility index (Phi) is 1.98. The highest BCUT2D eigenvalue weighted by atomic mass is 32.1. The predicted octanol–water partition coefficient (Wildman–Crippen LogP) is 2.25. The van der Waals surface area contributed by atoms with Gasteiger partial charge in [-0.05, 0) is 17.5 Å². The second kappa shape index (κ2) is 3.14. The van der Waals surface area contributed by atoms with Crippen molar-refractivity contribution in [3.63, 3.8) is 0 Å². The van der Waals surface area contributed by atoms with Crippen molar-refractivity contribution in [2.24, 2.45) is 0 Å². The number of hydrogen-bond acceptors (Lipinski definition) is 3. The van der Waals surface area contributed by atoms with Crippen LogP contribution < -0.4 is 5.32 Å². The summed E-state index contributed by atoms with van der Waals surface area (Å²) in [5.41, 5.74) is 1.77. The first-order valence-electron chi connectivity index (χ1n) is 3.87. The molecule has 13 heavy (non-hydrogen) atoms. The van der Waals surface area contributed by atoms with Crippen LogP contribution in [0.2, 0.25) is 0 Å². The fourth-order valence-corrected chi connectivity index (χ4v) is 1.98. The molecule has 0 aliphatic rings. The zero-order valence-corrected chi connectivity index (χ0v) is 7.89. The molecule has 0 bridgehead atoms. The van der Waals surface area contributed by atoms with Crippen molar-refractivity contribution in [2.75, 3.05) is 5.32 Å². The number of nitrogens with zero attached hydrogens (tertiary/aromatic N) is 1. The van der Waals surface area contributed by atoms with E-state index in [1.54, 1.807) is 23.6 Å². The standard InChI is InChI=1S/C9H8N2OS/c1-6(12)11-8-2-4-10-7-3-5-13-9(7)8/h2-5H,1H3,(H,10,11,12). The average molecular weight is 192 g/mol. The van der Waals surface area contributed by atoms with Gasteiger partial charge < -0.3 is 5.32 Å². The van der Waals surface area contributed by atoms with E-state index in [1.165, 1.54) is 6.92 Å². The number of carbonyl (C=O) groups is 1. The molecule has 4 heteroatoms. The maximum atomic E-state index is 10.9. The van der Waals surface area contributed by atoms with E-state index in [4.69, 9.17) is 0 Å². The molecular formula is C9H8N2OS. The SMILES string of the molecule is CC(=O)Nc1ccnc2ccsc12. The molecule has 3 nitrogen and oxygen atoms in total. The van der Waals surface area contributed by atoms with Gasteiger partial charge in [-0.1, -0.05) is 0 Å². The van der Waals surface area contributed by atoms with Gasteiger partial charge in [0.1, 0.15) is 0 Å². The van der Waals surface area contributed by atoms with Gasteiger partial charge in [0.2, 0.25) is 5.91 Å². The van der Waals surface area contributed by atoms with E-state index in [9.17, 15) is 4.79 Å². The van der Waals surface area contributed by atoms with Crippen molar-refractivity contribution in [3.05, 3.63) is 23.7 Å². The molecule has 2 heterocycles. The number of carbonyl (C=O) groups excluding carboxylic acids is 1. The summed E-state index contributed by atoms with van der Waals surface area (Å²) < 4.78 is 1.03. The van der Waals surface area contributed by atoms with E-state index < -0.39 is 0 Å². The Morgan fingerprint density at radius 2 is 2.38 bits per heavy atom. The third-order valence-corrected chi connectivity index (χ3v) is 2.59. The normalized spacial score (nSPS) is 10.2. The lowest BCUT2D eigenvalue weighted by Gasteiger charge is -2.01. The summed E-state index contributed by atoms with van der Waals surface area (Å²) in [5.74, 6) is -0.0547. The van der Waals surface area contributed by atoms with E-state index in [2.05, 4.69) is 10.3 Å². The number of thiophene rings is 1. The van der Waals surface area contributed by atoms with Gasteiger partial charge in [-0.2, -0.15) is 0 Å². The van der Waals surface area contributed by atoms with Gasteiger partial charge in [-0.3, -0.25) is 9.78 Å². The number of anilines is 1. The van der Waals surface area contributed by atoms with Crippen molar-refractivity contribution in [1.82, 2.24) is 4.98 Å². The van der Waals surface area contributed by atoms with E-state index >= 15 is 0 Å². The third-order valence-electron chi connectivity index (χ3n) is 1.65. The fourth-order valence-electron chi connectivity index (χ4n) is 1.16. The van der Waals surface area contributed by atoms with Crippen LogP contribution in [0.3, 0.4) is 0 Å². The molecule has 0 radical (unpaired) electrons. The molecule has 0 spiro atoms. The highest BCUT2D eigenvalue weighted by Gasteiger charge is 2.03. The van der Waals surface area contributed by atoms with Crippen molar-refractivity contribution in [1.29, 1.82) is 0 Å². The maximum absolute atomic E-state index is 10.9. The first-order chi connectivity index (χ1) is 6.27. The first kappa shape index (κ1) is 8.19. The van der Waals surface area contributed by atoms with E-state index in [1.807, 2.05) is 11.4 Å². The highest BCUT2D eigenvalue weighted by Crippen LogP contribution is 2.26. The second-order valence-electron chi connectivity index (χ2n) is 2.67. The summed E-state index contributed by atoms with van der Waals surface area (Å²) in [6.45, 7) is 1.50. The van der Waals surface area contributed by atoms with Crippen molar-refractivity contribution >= 4 is 33.1 Å². The number of aromatic nitrogens is 1. The molecule has 0 unspecified atom stereocenters. The second-order valence-corrected chi connectivity index (χ2v) is 3.59. The molecule has 0 saturated heterocycles. The molecule has 0 aliphatic heterocycles. The van der Waals surface area contributed by atoms with Crippen LogP contribution in [0, 0.1) is 0 Å². The van der Waals surface area contributed by atoms with Crippen LogP contribution in [0.25, 0.3) is 10.2 Å². The Morgan fingerprint density at radius 3 is 3.15 bits per heavy atom. The van der Waals surface area contributed by atoms with Gasteiger partial charge in [-0.15, -0.1) is 11.3 Å². The summed E-state index contributed by atoms with van der Waals surface area (Å²) in [4.78, 5) is 15.0. The van der Waals surface area contributed by atoms with Gasteiger partial charge in [0.25, 0.3) is 0 Å². The Bertz CT molecular complexity index is 450. The molecule has 66 valence electrons. The molecule has 0 saturated carbocycles. The van der Waals surface area contributed by atoms with E-state index in [-0.39, 0.29) is 5.91 Å². The molecule has 0 aromatic carbocycles. The Hall–Kier alpha value is -1.42. The van der Waals surface area contributed by atoms with Gasteiger partial charge in [-0.25, -0.2) is 0 Å². The van der Waals surface area contributed by atoms with Gasteiger partial charge >= 0.3 is 0 Å². The molecule has 2 aromatic heterocycles. The maximum Gasteiger partial charge on any atom is 0.221 e. The topological polar surface area (TPSA) is 42.0 Å². The zero-order valence-electron chi connectivity index (χ0n) is 7.07. The number of hydrogen-bond donors (Lipinski definition) is 1. The summed E-state index contributed by atoms with van der Waals surface area (Å²) in [7, 11) is 0. The number of amides is 1. The molecule has 0 aliphatic carbocycles. The smallest absolute Gasteiger partial charge is 0.221 e. The Morgan fingerprint density at radius 1 is 1.54 bits per heavy atom. The summed E-state index contributed by atoms with van der Waals surface area (Å²) in [6.07, 6.45) is 1.69. The van der Waals surface area contributed by atoms with Crippen LogP contribution in [0.5, 0.6) is 0 Å². The lowest BCUT2D eigenvalue weighted by atomic mass is 10.3. The number of pyridine rings is 1. The third kappa shape index (κ3) is 1.53. The predicted molar refractivity (Wildman–Crippen MR) is 53.9 cm³/mol. The van der Waals surface area contributed by atoms with Crippen LogP contribution in [-0.4, -0.2) is 10.9 Å². The number of fused-ring (bicyclic) bond motifs is 1. The Labute approximate surface area is 79.4 Å². The van der Waals surface area contributed by atoms with Crippen LogP contribution in [-0.2, 0) is 4.79 Å². The minimum absolute atomic E-state index is 0.0547. The lowest BCUT2D eigenvalue weighted by molar-refractivity contribution is -0.114. The van der Waals surface area contributed by atoms with Crippen LogP contribution >= 0.6 is 11.3 Å². The molecule has 2 rings (SSSR count). The van der Waals surface area contributed by atoms with E-state index in [0.717, 1.165) is 15.9 Å². The lowest BCUT2D eigenvalue weighted by Crippen LogP contribution is -2.05. The molecule has 0 atom stereocenters. The van der Waals surface area contributed by atoms with Gasteiger partial charge in [0.05, 0.1) is 15.9 Å². The van der Waals surface area contributed by atoms with E-state index in [0.29, 0.717) is 0 Å². The summed E-state index contributed by atoms with van der Waals surface area (Å²) in [6, 6.07) is 3.74. The number of rotatable bonds is 1.